The van der Waals surface area contributed by atoms with Gasteiger partial charge in [0.15, 0.2) is 6.61 Å². The lowest BCUT2D eigenvalue weighted by molar-refractivity contribution is -0.137. The van der Waals surface area contributed by atoms with E-state index in [9.17, 15) is 18.0 Å². The van der Waals surface area contributed by atoms with Crippen molar-refractivity contribution in [1.82, 2.24) is 0 Å². The van der Waals surface area contributed by atoms with E-state index in [2.05, 4.69) is 5.16 Å². The van der Waals surface area contributed by atoms with Crippen LogP contribution in [0.5, 0.6) is 5.75 Å². The van der Waals surface area contributed by atoms with Gasteiger partial charge in [0.25, 0.3) is 0 Å². The highest BCUT2D eigenvalue weighted by Gasteiger charge is 2.29. The lowest BCUT2D eigenvalue weighted by Crippen LogP contribution is -2.10. The Morgan fingerprint density at radius 1 is 1.03 bits per heavy atom. The van der Waals surface area contributed by atoms with Gasteiger partial charge in [0, 0.05) is 0 Å². The molecule has 0 radical (unpaired) electrons. The fraction of sp³-hybridized carbons (Fsp3) is 0.182. The molecule has 0 aliphatic rings. The average molecular weight is 433 g/mol. The van der Waals surface area contributed by atoms with Crippen molar-refractivity contribution in [1.29, 1.82) is 0 Å². The number of thiophene rings is 1. The van der Waals surface area contributed by atoms with Gasteiger partial charge in [-0.25, -0.2) is 0 Å². The van der Waals surface area contributed by atoms with Crippen LogP contribution in [0.3, 0.4) is 0 Å². The summed E-state index contributed by atoms with van der Waals surface area (Å²) in [6, 6.07) is 15.3. The molecule has 0 fully saturated rings. The Bertz CT molecular complexity index is 996. The molecule has 4 nitrogen and oxygen atoms in total. The van der Waals surface area contributed by atoms with Gasteiger partial charge in [-0.15, -0.1) is 11.3 Å². The zero-order valence-electron chi connectivity index (χ0n) is 16.0. The second kappa shape index (κ2) is 9.58. The van der Waals surface area contributed by atoms with Crippen LogP contribution in [0.2, 0.25) is 0 Å². The Hall–Kier alpha value is -3.13. The van der Waals surface area contributed by atoms with Gasteiger partial charge < -0.3 is 9.57 Å². The van der Waals surface area contributed by atoms with Crippen LogP contribution in [-0.2, 0) is 17.6 Å². The molecule has 0 N–H and O–H groups in total. The van der Waals surface area contributed by atoms with Crippen LogP contribution in [0.15, 0.2) is 71.2 Å². The minimum Gasteiger partial charge on any atom is -0.485 e. The van der Waals surface area contributed by atoms with Crippen molar-refractivity contribution >= 4 is 22.8 Å². The summed E-state index contributed by atoms with van der Waals surface area (Å²) in [6.07, 6.45) is -4.36. The molecule has 0 amide bonds. The quantitative estimate of drug-likeness (QED) is 0.250. The molecule has 0 atom stereocenters. The number of carbonyl (C=O) groups is 1. The van der Waals surface area contributed by atoms with Gasteiger partial charge in [-0.05, 0) is 65.9 Å². The molecule has 0 aliphatic heterocycles. The zero-order chi connectivity index (χ0) is 21.6. The van der Waals surface area contributed by atoms with E-state index in [1.54, 1.807) is 37.3 Å². The number of oxime groups is 1. The van der Waals surface area contributed by atoms with E-state index in [0.29, 0.717) is 21.9 Å². The molecule has 0 spiro atoms. The molecule has 0 saturated carbocycles. The van der Waals surface area contributed by atoms with Crippen molar-refractivity contribution in [2.45, 2.75) is 19.7 Å². The minimum absolute atomic E-state index is 0.0385. The molecular weight excluding hydrogens is 415 g/mol. The SMILES string of the molecule is CC(=NOCc1ccc(C(F)(F)F)cc1)c1ccc(OCC(=O)c2cccs2)cc1. The summed E-state index contributed by atoms with van der Waals surface area (Å²) >= 11 is 1.37. The highest BCUT2D eigenvalue weighted by molar-refractivity contribution is 7.12. The summed E-state index contributed by atoms with van der Waals surface area (Å²) in [4.78, 5) is 17.8. The highest BCUT2D eigenvalue weighted by Crippen LogP contribution is 2.29. The van der Waals surface area contributed by atoms with Crippen LogP contribution in [0.25, 0.3) is 0 Å². The monoisotopic (exact) mass is 433 g/mol. The van der Waals surface area contributed by atoms with Gasteiger partial charge in [0.1, 0.15) is 12.4 Å². The first-order valence-electron chi connectivity index (χ1n) is 8.95. The number of carbonyl (C=O) groups excluding carboxylic acids is 1. The largest absolute Gasteiger partial charge is 0.485 e. The molecule has 1 aromatic heterocycles. The van der Waals surface area contributed by atoms with Crippen molar-refractivity contribution in [2.24, 2.45) is 5.16 Å². The number of rotatable bonds is 8. The molecule has 8 heteroatoms. The van der Waals surface area contributed by atoms with Crippen molar-refractivity contribution in [3.05, 3.63) is 87.6 Å². The van der Waals surface area contributed by atoms with Crippen molar-refractivity contribution in [3.8, 4) is 5.75 Å². The Labute approximate surface area is 175 Å². The van der Waals surface area contributed by atoms with Gasteiger partial charge in [-0.1, -0.05) is 23.4 Å². The van der Waals surface area contributed by atoms with Crippen molar-refractivity contribution < 1.29 is 27.5 Å². The molecule has 156 valence electrons. The highest BCUT2D eigenvalue weighted by atomic mass is 32.1. The lowest BCUT2D eigenvalue weighted by atomic mass is 10.1. The maximum atomic E-state index is 12.6. The fourth-order valence-corrected chi connectivity index (χ4v) is 3.15. The number of hydrogen-bond acceptors (Lipinski definition) is 5. The Morgan fingerprint density at radius 3 is 2.33 bits per heavy atom. The standard InChI is InChI=1S/C22H18F3NO3S/c1-15(26-29-13-16-4-8-18(9-5-16)22(23,24)25)17-6-10-19(11-7-17)28-14-20(27)21-3-2-12-30-21/h2-12H,13-14H2,1H3. The third-order valence-corrected chi connectivity index (χ3v) is 5.06. The van der Waals surface area contributed by atoms with Gasteiger partial charge in [0.05, 0.1) is 16.2 Å². The predicted octanol–water partition coefficient (Wildman–Crippen LogP) is 5.97. The number of ether oxygens (including phenoxy) is 1. The summed E-state index contributed by atoms with van der Waals surface area (Å²) in [5.74, 6) is 0.477. The topological polar surface area (TPSA) is 47.9 Å². The number of halogens is 3. The molecule has 0 unspecified atom stereocenters. The second-order valence-electron chi connectivity index (χ2n) is 6.36. The average Bonchev–Trinajstić information content (AvgIpc) is 3.27. The smallest absolute Gasteiger partial charge is 0.416 e. The van der Waals surface area contributed by atoms with Gasteiger partial charge in [-0.3, -0.25) is 4.79 Å². The minimum atomic E-state index is -4.36. The number of Topliss-reactive ketones (excluding diaryl/α,β-unsaturated/α-hetero) is 1. The van der Waals surface area contributed by atoms with E-state index >= 15 is 0 Å². The van der Waals surface area contributed by atoms with E-state index in [1.165, 1.54) is 23.5 Å². The molecule has 0 aliphatic carbocycles. The molecule has 30 heavy (non-hydrogen) atoms. The second-order valence-corrected chi connectivity index (χ2v) is 7.31. The van der Waals surface area contributed by atoms with E-state index < -0.39 is 11.7 Å². The predicted molar refractivity (Wildman–Crippen MR) is 109 cm³/mol. The van der Waals surface area contributed by atoms with E-state index in [0.717, 1.165) is 17.7 Å². The summed E-state index contributed by atoms with van der Waals surface area (Å²) in [5, 5.41) is 5.84. The van der Waals surface area contributed by atoms with Crippen molar-refractivity contribution in [3.63, 3.8) is 0 Å². The first kappa shape index (κ1) is 21.6. The summed E-state index contributed by atoms with van der Waals surface area (Å²) in [5.41, 5.74) is 1.27. The number of ketones is 1. The summed E-state index contributed by atoms with van der Waals surface area (Å²) < 4.78 is 43.2. The third kappa shape index (κ3) is 5.93. The molecule has 1 heterocycles. The normalized spacial score (nSPS) is 11.9. The van der Waals surface area contributed by atoms with Crippen LogP contribution in [0.1, 0.15) is 33.3 Å². The Morgan fingerprint density at radius 2 is 1.73 bits per heavy atom. The molecule has 2 aromatic carbocycles. The molecule has 0 bridgehead atoms. The van der Waals surface area contributed by atoms with E-state index in [1.807, 2.05) is 11.4 Å². The Kier molecular flexibility index (Phi) is 6.89. The zero-order valence-corrected chi connectivity index (χ0v) is 16.8. The molecule has 3 aromatic rings. The number of nitrogens with zero attached hydrogens (tertiary/aromatic N) is 1. The number of hydrogen-bond donors (Lipinski definition) is 0. The molecule has 3 rings (SSSR count). The van der Waals surface area contributed by atoms with Gasteiger partial charge >= 0.3 is 6.18 Å². The number of benzene rings is 2. The van der Waals surface area contributed by atoms with Crippen LogP contribution < -0.4 is 4.74 Å². The summed E-state index contributed by atoms with van der Waals surface area (Å²) in [6.45, 7) is 1.77. The van der Waals surface area contributed by atoms with E-state index in [4.69, 9.17) is 9.57 Å². The first-order chi connectivity index (χ1) is 14.3. The third-order valence-electron chi connectivity index (χ3n) is 4.15. The maximum Gasteiger partial charge on any atom is 0.416 e. The molecule has 0 saturated heterocycles. The number of alkyl halides is 3. The van der Waals surface area contributed by atoms with E-state index in [-0.39, 0.29) is 19.0 Å². The van der Waals surface area contributed by atoms with Gasteiger partial charge in [-0.2, -0.15) is 13.2 Å². The van der Waals surface area contributed by atoms with Gasteiger partial charge in [0.2, 0.25) is 5.78 Å². The van der Waals surface area contributed by atoms with Crippen LogP contribution in [-0.4, -0.2) is 18.1 Å². The van der Waals surface area contributed by atoms with Crippen molar-refractivity contribution in [2.75, 3.05) is 6.61 Å². The maximum absolute atomic E-state index is 12.6. The fourth-order valence-electron chi connectivity index (χ4n) is 2.50. The first-order valence-corrected chi connectivity index (χ1v) is 9.83. The van der Waals surface area contributed by atoms with Crippen LogP contribution in [0.4, 0.5) is 13.2 Å². The Balaban J connectivity index is 1.50. The summed E-state index contributed by atoms with van der Waals surface area (Å²) in [7, 11) is 0. The molecular formula is C22H18F3NO3S. The lowest BCUT2D eigenvalue weighted by Gasteiger charge is -2.08. The van der Waals surface area contributed by atoms with Crippen LogP contribution >= 0.6 is 11.3 Å². The van der Waals surface area contributed by atoms with Crippen LogP contribution in [0, 0.1) is 0 Å².